The van der Waals surface area contributed by atoms with E-state index in [1.165, 1.54) is 0 Å². The van der Waals surface area contributed by atoms with Crippen LogP contribution in [0, 0.1) is 0 Å². The van der Waals surface area contributed by atoms with E-state index in [1.807, 2.05) is 0 Å². The Morgan fingerprint density at radius 1 is 0.833 bits per heavy atom. The van der Waals surface area contributed by atoms with Crippen LogP contribution in [0.15, 0.2) is 0 Å². The lowest BCUT2D eigenvalue weighted by molar-refractivity contribution is -0.147. The van der Waals surface area contributed by atoms with Crippen LogP contribution in [-0.4, -0.2) is 41.5 Å². The molecule has 0 unspecified atom stereocenters. The zero-order valence-electron chi connectivity index (χ0n) is 10.1. The van der Waals surface area contributed by atoms with Crippen LogP contribution in [0.3, 0.4) is 0 Å². The molecule has 0 aromatic heterocycles. The van der Waals surface area contributed by atoms with Gasteiger partial charge in [-0.25, -0.2) is 4.79 Å². The van der Waals surface area contributed by atoms with Crippen LogP contribution in [0.25, 0.3) is 0 Å². The maximum atomic E-state index is 11.0. The molecule has 0 spiro atoms. The molecule has 0 aliphatic carbocycles. The second-order valence-corrected chi connectivity index (χ2v) is 3.64. The first kappa shape index (κ1) is 16.2. The quantitative estimate of drug-likeness (QED) is 0.638. The molecule has 18 heavy (non-hydrogen) atoms. The number of carbonyl (C=O) groups is 3. The first-order valence-corrected chi connectivity index (χ1v) is 5.75. The van der Waals surface area contributed by atoms with Gasteiger partial charge < -0.3 is 19.7 Å². The van der Waals surface area contributed by atoms with Crippen molar-refractivity contribution < 1.29 is 34.1 Å². The van der Waals surface area contributed by atoms with Gasteiger partial charge in [0.15, 0.2) is 0 Å². The summed E-state index contributed by atoms with van der Waals surface area (Å²) in [5.41, 5.74) is 0. The van der Waals surface area contributed by atoms with E-state index < -0.39 is 6.16 Å². The molecule has 0 saturated carbocycles. The highest BCUT2D eigenvalue weighted by molar-refractivity contribution is 5.70. The smallest absolute Gasteiger partial charge is 0.466 e. The van der Waals surface area contributed by atoms with Gasteiger partial charge in [-0.15, -0.1) is 0 Å². The first-order valence-electron chi connectivity index (χ1n) is 5.75. The van der Waals surface area contributed by atoms with Crippen LogP contribution in [-0.2, 0) is 19.1 Å². The van der Waals surface area contributed by atoms with Crippen molar-refractivity contribution in [2.75, 3.05) is 13.2 Å². The second kappa shape index (κ2) is 10.4. The minimum Gasteiger partial charge on any atom is -0.466 e. The van der Waals surface area contributed by atoms with Gasteiger partial charge >= 0.3 is 18.1 Å². The highest BCUT2D eigenvalue weighted by Crippen LogP contribution is 2.05. The largest absolute Gasteiger partial charge is 0.503 e. The Kier molecular flexibility index (Phi) is 9.34. The predicted molar refractivity (Wildman–Crippen MR) is 60.3 cm³/mol. The van der Waals surface area contributed by atoms with Gasteiger partial charge in [-0.2, -0.15) is 0 Å². The number of rotatable bonds is 0. The summed E-state index contributed by atoms with van der Waals surface area (Å²) in [5.74, 6) is -0.308. The second-order valence-electron chi connectivity index (χ2n) is 3.64. The van der Waals surface area contributed by atoms with Crippen molar-refractivity contribution in [2.45, 2.75) is 38.5 Å². The molecule has 1 aliphatic heterocycles. The SMILES string of the molecule is O=C(O)O.O=C1CCCCC(=O)OCCCCO1. The fourth-order valence-electron chi connectivity index (χ4n) is 1.26. The minimum absolute atomic E-state index is 0.154. The Balaban J connectivity index is 0.000000631. The lowest BCUT2D eigenvalue weighted by Gasteiger charge is -2.08. The van der Waals surface area contributed by atoms with E-state index >= 15 is 0 Å². The molecule has 0 bridgehead atoms. The van der Waals surface area contributed by atoms with Crippen LogP contribution in [0.2, 0.25) is 0 Å². The van der Waals surface area contributed by atoms with Crippen LogP contribution in [0.5, 0.6) is 0 Å². The number of ether oxygens (including phenoxy) is 2. The summed E-state index contributed by atoms with van der Waals surface area (Å²) >= 11 is 0. The third kappa shape index (κ3) is 12.3. The van der Waals surface area contributed by atoms with Gasteiger partial charge in [-0.05, 0) is 25.7 Å². The molecule has 1 fully saturated rings. The van der Waals surface area contributed by atoms with Gasteiger partial charge in [0.25, 0.3) is 0 Å². The number of cyclic esters (lactones) is 2. The maximum Gasteiger partial charge on any atom is 0.503 e. The summed E-state index contributed by atoms with van der Waals surface area (Å²) in [5, 5.41) is 13.9. The molecule has 0 amide bonds. The van der Waals surface area contributed by atoms with Crippen molar-refractivity contribution in [1.82, 2.24) is 0 Å². The lowest BCUT2D eigenvalue weighted by Crippen LogP contribution is -2.11. The third-order valence-electron chi connectivity index (χ3n) is 2.08. The monoisotopic (exact) mass is 262 g/mol. The molecule has 104 valence electrons. The number of hydrogen-bond donors (Lipinski definition) is 2. The van der Waals surface area contributed by atoms with Gasteiger partial charge in [0.2, 0.25) is 0 Å². The molecule has 1 aliphatic rings. The summed E-state index contributed by atoms with van der Waals surface area (Å²) in [6, 6.07) is 0. The Morgan fingerprint density at radius 3 is 1.50 bits per heavy atom. The van der Waals surface area contributed by atoms with Gasteiger partial charge in [-0.3, -0.25) is 9.59 Å². The molecule has 7 nitrogen and oxygen atoms in total. The van der Waals surface area contributed by atoms with Crippen molar-refractivity contribution in [1.29, 1.82) is 0 Å². The third-order valence-corrected chi connectivity index (χ3v) is 2.08. The molecule has 1 rings (SSSR count). The van der Waals surface area contributed by atoms with Crippen LogP contribution >= 0.6 is 0 Å². The van der Waals surface area contributed by atoms with E-state index in [4.69, 9.17) is 24.5 Å². The number of carbonyl (C=O) groups excluding carboxylic acids is 2. The van der Waals surface area contributed by atoms with Crippen molar-refractivity contribution in [3.05, 3.63) is 0 Å². The topological polar surface area (TPSA) is 110 Å². The summed E-state index contributed by atoms with van der Waals surface area (Å²) in [7, 11) is 0. The lowest BCUT2D eigenvalue weighted by atomic mass is 10.2. The van der Waals surface area contributed by atoms with Crippen molar-refractivity contribution >= 4 is 18.1 Å². The molecular formula is C11H18O7. The van der Waals surface area contributed by atoms with E-state index in [-0.39, 0.29) is 11.9 Å². The minimum atomic E-state index is -1.83. The highest BCUT2D eigenvalue weighted by atomic mass is 16.6. The average molecular weight is 262 g/mol. The molecule has 7 heteroatoms. The van der Waals surface area contributed by atoms with Gasteiger partial charge in [0, 0.05) is 12.8 Å². The fourth-order valence-corrected chi connectivity index (χ4v) is 1.26. The average Bonchev–Trinajstić information content (AvgIpc) is 2.26. The van der Waals surface area contributed by atoms with Crippen LogP contribution in [0.4, 0.5) is 4.79 Å². The van der Waals surface area contributed by atoms with Crippen molar-refractivity contribution in [2.24, 2.45) is 0 Å². The Labute approximate surface area is 105 Å². The zero-order chi connectivity index (χ0) is 13.8. The van der Waals surface area contributed by atoms with E-state index in [9.17, 15) is 9.59 Å². The number of esters is 2. The Morgan fingerprint density at radius 2 is 1.17 bits per heavy atom. The molecule has 1 heterocycles. The van der Waals surface area contributed by atoms with Crippen LogP contribution in [0.1, 0.15) is 38.5 Å². The Hall–Kier alpha value is -1.79. The van der Waals surface area contributed by atoms with Crippen molar-refractivity contribution in [3.8, 4) is 0 Å². The first-order chi connectivity index (χ1) is 8.52. The summed E-state index contributed by atoms with van der Waals surface area (Å²) in [4.78, 5) is 30.6. The summed E-state index contributed by atoms with van der Waals surface area (Å²) in [6.07, 6.45) is 1.92. The van der Waals surface area contributed by atoms with E-state index in [0.29, 0.717) is 38.9 Å². The molecule has 2 N–H and O–H groups in total. The maximum absolute atomic E-state index is 11.0. The van der Waals surface area contributed by atoms with Gasteiger partial charge in [0.1, 0.15) is 0 Å². The molecule has 0 radical (unpaired) electrons. The highest BCUT2D eigenvalue weighted by Gasteiger charge is 2.07. The molecule has 0 aromatic carbocycles. The zero-order valence-corrected chi connectivity index (χ0v) is 10.1. The summed E-state index contributed by atoms with van der Waals surface area (Å²) < 4.78 is 9.92. The standard InChI is InChI=1S/C10H16O4.CH2O3/c11-9-5-1-2-6-10(12)14-8-4-3-7-13-9;2-1(3)4/h1-8H2;(H2,2,3,4). The van der Waals surface area contributed by atoms with Gasteiger partial charge in [-0.1, -0.05) is 0 Å². The molecule has 0 aromatic rings. The number of carboxylic acid groups (broad SMARTS) is 2. The summed E-state index contributed by atoms with van der Waals surface area (Å²) in [6.45, 7) is 0.882. The predicted octanol–water partition coefficient (Wildman–Crippen LogP) is 1.65. The molecule has 1 saturated heterocycles. The normalized spacial score (nSPS) is 18.0. The molecular weight excluding hydrogens is 244 g/mol. The van der Waals surface area contributed by atoms with Crippen molar-refractivity contribution in [3.63, 3.8) is 0 Å². The fraction of sp³-hybridized carbons (Fsp3) is 0.727. The van der Waals surface area contributed by atoms with Crippen LogP contribution < -0.4 is 0 Å². The number of hydrogen-bond acceptors (Lipinski definition) is 5. The molecule has 0 atom stereocenters. The van der Waals surface area contributed by atoms with E-state index in [1.54, 1.807) is 0 Å². The van der Waals surface area contributed by atoms with E-state index in [2.05, 4.69) is 0 Å². The van der Waals surface area contributed by atoms with Gasteiger partial charge in [0.05, 0.1) is 13.2 Å². The Bertz CT molecular complexity index is 249. The van der Waals surface area contributed by atoms with E-state index in [0.717, 1.165) is 12.8 Å².